The van der Waals surface area contributed by atoms with Gasteiger partial charge in [0.25, 0.3) is 0 Å². The fraction of sp³-hybridized carbons (Fsp3) is 0.385. The van der Waals surface area contributed by atoms with Crippen molar-refractivity contribution in [3.63, 3.8) is 0 Å². The molecule has 0 radical (unpaired) electrons. The molecular formula is C13H13FN2O5. The largest absolute Gasteiger partial charge is 0.481 e. The molecule has 1 amide bonds. The van der Waals surface area contributed by atoms with Crippen LogP contribution in [-0.2, 0) is 9.59 Å². The van der Waals surface area contributed by atoms with E-state index in [4.69, 9.17) is 5.11 Å². The Bertz CT molecular complexity index is 604. The fourth-order valence-electron chi connectivity index (χ4n) is 2.54. The molecule has 8 heteroatoms. The number of halogens is 1. The van der Waals surface area contributed by atoms with Gasteiger partial charge in [0.15, 0.2) is 0 Å². The van der Waals surface area contributed by atoms with Gasteiger partial charge in [0.1, 0.15) is 0 Å². The number of carbonyl (C=O) groups is 2. The van der Waals surface area contributed by atoms with Crippen LogP contribution in [-0.4, -0.2) is 21.9 Å². The Morgan fingerprint density at radius 1 is 1.33 bits per heavy atom. The third-order valence-corrected chi connectivity index (χ3v) is 3.58. The van der Waals surface area contributed by atoms with Crippen LogP contribution < -0.4 is 5.32 Å². The highest BCUT2D eigenvalue weighted by molar-refractivity contribution is 5.95. The summed E-state index contributed by atoms with van der Waals surface area (Å²) in [5, 5.41) is 21.9. The lowest BCUT2D eigenvalue weighted by Gasteiger charge is -2.15. The van der Waals surface area contributed by atoms with Crippen molar-refractivity contribution in [2.75, 3.05) is 5.32 Å². The minimum absolute atomic E-state index is 0.0686. The number of amides is 1. The molecule has 1 fully saturated rings. The molecule has 1 aromatic rings. The topological polar surface area (TPSA) is 110 Å². The van der Waals surface area contributed by atoms with Crippen molar-refractivity contribution in [3.8, 4) is 0 Å². The number of carbonyl (C=O) groups excluding carboxylic acids is 1. The predicted molar refractivity (Wildman–Crippen MR) is 70.2 cm³/mol. The Morgan fingerprint density at radius 3 is 2.57 bits per heavy atom. The van der Waals surface area contributed by atoms with E-state index in [1.807, 2.05) is 0 Å². The van der Waals surface area contributed by atoms with Crippen molar-refractivity contribution in [1.29, 1.82) is 0 Å². The number of carboxylic acid groups (broad SMARTS) is 1. The number of hydrogen-bond donors (Lipinski definition) is 2. The molecule has 2 unspecified atom stereocenters. The smallest absolute Gasteiger partial charge is 0.307 e. The van der Waals surface area contributed by atoms with Gasteiger partial charge in [-0.1, -0.05) is 6.42 Å². The third kappa shape index (κ3) is 3.15. The molecule has 0 aromatic heterocycles. The maximum atomic E-state index is 13.4. The van der Waals surface area contributed by atoms with Gasteiger partial charge in [-0.25, -0.2) is 0 Å². The molecular weight excluding hydrogens is 283 g/mol. The lowest BCUT2D eigenvalue weighted by molar-refractivity contribution is -0.387. The average Bonchev–Trinajstić information content (AvgIpc) is 2.87. The summed E-state index contributed by atoms with van der Waals surface area (Å²) < 4.78 is 13.4. The first kappa shape index (κ1) is 14.9. The number of rotatable bonds is 4. The second-order valence-corrected chi connectivity index (χ2v) is 4.89. The molecule has 2 rings (SSSR count). The first-order valence-electron chi connectivity index (χ1n) is 6.37. The summed E-state index contributed by atoms with van der Waals surface area (Å²) in [6, 6.07) is 3.01. The molecule has 1 saturated carbocycles. The van der Waals surface area contributed by atoms with Crippen LogP contribution >= 0.6 is 0 Å². The average molecular weight is 296 g/mol. The highest BCUT2D eigenvalue weighted by Crippen LogP contribution is 2.33. The van der Waals surface area contributed by atoms with E-state index in [-0.39, 0.29) is 5.69 Å². The van der Waals surface area contributed by atoms with E-state index in [2.05, 4.69) is 5.32 Å². The molecule has 0 spiro atoms. The summed E-state index contributed by atoms with van der Waals surface area (Å²) in [4.78, 5) is 32.7. The van der Waals surface area contributed by atoms with Crippen LogP contribution in [0, 0.1) is 27.8 Å². The van der Waals surface area contributed by atoms with Crippen molar-refractivity contribution in [1.82, 2.24) is 0 Å². The van der Waals surface area contributed by atoms with Crippen LogP contribution in [0.2, 0.25) is 0 Å². The van der Waals surface area contributed by atoms with Crippen LogP contribution in [0.1, 0.15) is 19.3 Å². The van der Waals surface area contributed by atoms with Gasteiger partial charge in [-0.2, -0.15) is 4.39 Å². The molecule has 0 aliphatic heterocycles. The van der Waals surface area contributed by atoms with Crippen molar-refractivity contribution in [2.45, 2.75) is 19.3 Å². The monoisotopic (exact) mass is 296 g/mol. The van der Waals surface area contributed by atoms with Gasteiger partial charge in [0.2, 0.25) is 11.7 Å². The van der Waals surface area contributed by atoms with Gasteiger partial charge in [-0.3, -0.25) is 19.7 Å². The summed E-state index contributed by atoms with van der Waals surface area (Å²) in [6.07, 6.45) is 1.53. The Labute approximate surface area is 118 Å². The first-order valence-corrected chi connectivity index (χ1v) is 6.37. The molecule has 1 aliphatic rings. The van der Waals surface area contributed by atoms with E-state index >= 15 is 0 Å². The van der Waals surface area contributed by atoms with E-state index in [1.54, 1.807) is 0 Å². The SMILES string of the molecule is O=C(O)C1CCCC1C(=O)Nc1ccc([N+](=O)[O-])c(F)c1. The molecule has 112 valence electrons. The quantitative estimate of drug-likeness (QED) is 0.653. The van der Waals surface area contributed by atoms with Crippen LogP contribution in [0.15, 0.2) is 18.2 Å². The minimum Gasteiger partial charge on any atom is -0.481 e. The van der Waals surface area contributed by atoms with E-state index in [1.165, 1.54) is 6.07 Å². The van der Waals surface area contributed by atoms with Gasteiger partial charge in [-0.05, 0) is 18.9 Å². The number of aliphatic carboxylic acids is 1. The summed E-state index contributed by atoms with van der Waals surface area (Å²) in [6.45, 7) is 0. The van der Waals surface area contributed by atoms with Gasteiger partial charge < -0.3 is 10.4 Å². The van der Waals surface area contributed by atoms with Crippen LogP contribution in [0.5, 0.6) is 0 Å². The number of nitrogens with zero attached hydrogens (tertiary/aromatic N) is 1. The Balaban J connectivity index is 2.11. The lowest BCUT2D eigenvalue weighted by Crippen LogP contribution is -2.30. The Kier molecular flexibility index (Phi) is 4.15. The van der Waals surface area contributed by atoms with Crippen molar-refractivity contribution < 1.29 is 24.0 Å². The first-order chi connectivity index (χ1) is 9.90. The third-order valence-electron chi connectivity index (χ3n) is 3.58. The number of carboxylic acids is 1. The van der Waals surface area contributed by atoms with Crippen molar-refractivity contribution in [2.24, 2.45) is 11.8 Å². The summed E-state index contributed by atoms with van der Waals surface area (Å²) in [5.74, 6) is -4.00. The molecule has 1 aliphatic carbocycles. The molecule has 21 heavy (non-hydrogen) atoms. The molecule has 0 bridgehead atoms. The fourth-order valence-corrected chi connectivity index (χ4v) is 2.54. The Morgan fingerprint density at radius 2 is 2.00 bits per heavy atom. The molecule has 2 N–H and O–H groups in total. The normalized spacial score (nSPS) is 21.0. The second kappa shape index (κ2) is 5.86. The standard InChI is InChI=1S/C13H13FN2O5/c14-10-6-7(4-5-11(10)16(20)21)15-12(17)8-2-1-3-9(8)13(18)19/h4-6,8-9H,1-3H2,(H,15,17)(H,18,19). The van der Waals surface area contributed by atoms with E-state index in [9.17, 15) is 24.1 Å². The number of nitro benzene ring substituents is 1. The maximum Gasteiger partial charge on any atom is 0.307 e. The van der Waals surface area contributed by atoms with Crippen molar-refractivity contribution >= 4 is 23.3 Å². The van der Waals surface area contributed by atoms with Gasteiger partial charge in [0, 0.05) is 17.8 Å². The molecule has 0 heterocycles. The summed E-state index contributed by atoms with van der Waals surface area (Å²) in [5.41, 5.74) is -0.614. The molecule has 1 aromatic carbocycles. The molecule has 0 saturated heterocycles. The van der Waals surface area contributed by atoms with Crippen LogP contribution in [0.25, 0.3) is 0 Å². The predicted octanol–water partition coefficient (Wildman–Crippen LogP) is 2.17. The molecule has 7 nitrogen and oxygen atoms in total. The van der Waals surface area contributed by atoms with E-state index in [0.717, 1.165) is 12.1 Å². The van der Waals surface area contributed by atoms with Crippen LogP contribution in [0.3, 0.4) is 0 Å². The van der Waals surface area contributed by atoms with Gasteiger partial charge >= 0.3 is 11.7 Å². The highest BCUT2D eigenvalue weighted by Gasteiger charge is 2.37. The van der Waals surface area contributed by atoms with Crippen LogP contribution in [0.4, 0.5) is 15.8 Å². The lowest BCUT2D eigenvalue weighted by atomic mass is 9.95. The van der Waals surface area contributed by atoms with Gasteiger partial charge in [-0.15, -0.1) is 0 Å². The minimum atomic E-state index is -1.06. The highest BCUT2D eigenvalue weighted by atomic mass is 19.1. The van der Waals surface area contributed by atoms with E-state index in [0.29, 0.717) is 19.3 Å². The zero-order valence-corrected chi connectivity index (χ0v) is 10.9. The molecule has 2 atom stereocenters. The summed E-state index contributed by atoms with van der Waals surface area (Å²) >= 11 is 0. The van der Waals surface area contributed by atoms with Crippen molar-refractivity contribution in [3.05, 3.63) is 34.1 Å². The zero-order valence-electron chi connectivity index (χ0n) is 10.9. The number of hydrogen-bond acceptors (Lipinski definition) is 4. The zero-order chi connectivity index (χ0) is 15.6. The number of anilines is 1. The van der Waals surface area contributed by atoms with Gasteiger partial charge in [0.05, 0.1) is 16.8 Å². The number of nitro groups is 1. The number of benzene rings is 1. The summed E-state index contributed by atoms with van der Waals surface area (Å²) in [7, 11) is 0. The number of nitrogens with one attached hydrogen (secondary N) is 1. The second-order valence-electron chi connectivity index (χ2n) is 4.89. The Hall–Kier alpha value is -2.51. The maximum absolute atomic E-state index is 13.4. The van der Waals surface area contributed by atoms with E-state index < -0.39 is 40.1 Å².